The van der Waals surface area contributed by atoms with Crippen LogP contribution in [0.1, 0.15) is 28.9 Å². The number of carbonyl (C=O) groups is 1. The van der Waals surface area contributed by atoms with Crippen LogP contribution in [-0.4, -0.2) is 23.2 Å². The van der Waals surface area contributed by atoms with Crippen molar-refractivity contribution in [3.05, 3.63) is 21.3 Å². The van der Waals surface area contributed by atoms with Gasteiger partial charge < -0.3 is 10.4 Å². The predicted octanol–water partition coefficient (Wildman–Crippen LogP) is 2.05. The molecular formula is C10H12ClNO2S. The van der Waals surface area contributed by atoms with Gasteiger partial charge in [0.05, 0.1) is 17.2 Å². The van der Waals surface area contributed by atoms with E-state index in [0.717, 1.165) is 19.3 Å². The summed E-state index contributed by atoms with van der Waals surface area (Å²) in [6, 6.07) is 1.70. The molecule has 1 aliphatic rings. The van der Waals surface area contributed by atoms with Crippen LogP contribution in [0.5, 0.6) is 0 Å². The Morgan fingerprint density at radius 3 is 2.80 bits per heavy atom. The highest BCUT2D eigenvalue weighted by atomic mass is 35.5. The SMILES string of the molecule is O=C(NC1(CO)CCC1)c1sccc1Cl. The second kappa shape index (κ2) is 4.12. The van der Waals surface area contributed by atoms with Gasteiger partial charge in [-0.25, -0.2) is 0 Å². The third-order valence-electron chi connectivity index (χ3n) is 2.82. The maximum atomic E-state index is 11.8. The molecule has 0 bridgehead atoms. The topological polar surface area (TPSA) is 49.3 Å². The van der Waals surface area contributed by atoms with E-state index in [1.54, 1.807) is 11.4 Å². The normalized spacial score (nSPS) is 18.3. The number of hydrogen-bond acceptors (Lipinski definition) is 3. The van der Waals surface area contributed by atoms with Gasteiger partial charge in [-0.2, -0.15) is 0 Å². The zero-order valence-corrected chi connectivity index (χ0v) is 9.70. The van der Waals surface area contributed by atoms with Crippen molar-refractivity contribution in [2.45, 2.75) is 24.8 Å². The zero-order valence-electron chi connectivity index (χ0n) is 8.12. The van der Waals surface area contributed by atoms with Gasteiger partial charge in [0.2, 0.25) is 0 Å². The molecule has 1 aromatic heterocycles. The maximum absolute atomic E-state index is 11.8. The molecule has 2 rings (SSSR count). The summed E-state index contributed by atoms with van der Waals surface area (Å²) in [5.74, 6) is -0.177. The molecule has 0 aromatic carbocycles. The summed E-state index contributed by atoms with van der Waals surface area (Å²) in [5, 5.41) is 14.3. The first-order chi connectivity index (χ1) is 7.17. The molecule has 0 aliphatic heterocycles. The lowest BCUT2D eigenvalue weighted by atomic mass is 9.77. The molecule has 5 heteroatoms. The average molecular weight is 246 g/mol. The maximum Gasteiger partial charge on any atom is 0.263 e. The quantitative estimate of drug-likeness (QED) is 0.856. The van der Waals surface area contributed by atoms with Gasteiger partial charge in [0.15, 0.2) is 0 Å². The summed E-state index contributed by atoms with van der Waals surface area (Å²) >= 11 is 7.17. The first-order valence-electron chi connectivity index (χ1n) is 4.83. The van der Waals surface area contributed by atoms with Gasteiger partial charge in [-0.3, -0.25) is 4.79 Å². The summed E-state index contributed by atoms with van der Waals surface area (Å²) < 4.78 is 0. The number of carbonyl (C=O) groups excluding carboxylic acids is 1. The largest absolute Gasteiger partial charge is 0.394 e. The van der Waals surface area contributed by atoms with E-state index in [9.17, 15) is 9.90 Å². The second-order valence-electron chi connectivity index (χ2n) is 3.84. The standard InChI is InChI=1S/C10H12ClNO2S/c11-7-2-5-15-8(7)9(14)12-10(6-13)3-1-4-10/h2,5,13H,1,3-4,6H2,(H,12,14). The van der Waals surface area contributed by atoms with Crippen molar-refractivity contribution in [3.63, 3.8) is 0 Å². The first-order valence-corrected chi connectivity index (χ1v) is 6.09. The van der Waals surface area contributed by atoms with Crippen LogP contribution in [0.15, 0.2) is 11.4 Å². The Balaban J connectivity index is 2.07. The van der Waals surface area contributed by atoms with Gasteiger partial charge in [0, 0.05) is 0 Å². The number of nitrogens with one attached hydrogen (secondary N) is 1. The van der Waals surface area contributed by atoms with Crippen LogP contribution >= 0.6 is 22.9 Å². The molecule has 3 nitrogen and oxygen atoms in total. The molecule has 2 N–H and O–H groups in total. The van der Waals surface area contributed by atoms with Crippen molar-refractivity contribution >= 4 is 28.8 Å². The molecule has 1 heterocycles. The van der Waals surface area contributed by atoms with E-state index in [1.807, 2.05) is 0 Å². The van der Waals surface area contributed by atoms with E-state index >= 15 is 0 Å². The molecule has 1 aromatic rings. The van der Waals surface area contributed by atoms with Crippen LogP contribution in [0.3, 0.4) is 0 Å². The fourth-order valence-corrected chi connectivity index (χ4v) is 2.72. The van der Waals surface area contributed by atoms with E-state index in [2.05, 4.69) is 5.32 Å². The van der Waals surface area contributed by atoms with E-state index in [0.29, 0.717) is 9.90 Å². The monoisotopic (exact) mass is 245 g/mol. The number of thiophene rings is 1. The Hall–Kier alpha value is -0.580. The number of aliphatic hydroxyl groups is 1. The number of amides is 1. The van der Waals surface area contributed by atoms with Gasteiger partial charge in [0.1, 0.15) is 4.88 Å². The van der Waals surface area contributed by atoms with Gasteiger partial charge in [0.25, 0.3) is 5.91 Å². The third kappa shape index (κ3) is 2.02. The van der Waals surface area contributed by atoms with Gasteiger partial charge >= 0.3 is 0 Å². The van der Waals surface area contributed by atoms with Crippen molar-refractivity contribution < 1.29 is 9.90 Å². The molecular weight excluding hydrogens is 234 g/mol. The Morgan fingerprint density at radius 2 is 2.40 bits per heavy atom. The smallest absolute Gasteiger partial charge is 0.263 e. The Kier molecular flexibility index (Phi) is 3.00. The van der Waals surface area contributed by atoms with Crippen molar-refractivity contribution in [2.24, 2.45) is 0 Å². The predicted molar refractivity (Wildman–Crippen MR) is 60.5 cm³/mol. The summed E-state index contributed by atoms with van der Waals surface area (Å²) in [4.78, 5) is 12.3. The van der Waals surface area contributed by atoms with Crippen LogP contribution in [0, 0.1) is 0 Å². The molecule has 1 fully saturated rings. The first kappa shape index (κ1) is 10.9. The Bertz CT molecular complexity index is 368. The van der Waals surface area contributed by atoms with Crippen molar-refractivity contribution in [1.29, 1.82) is 0 Å². The summed E-state index contributed by atoms with van der Waals surface area (Å²) in [5.41, 5.74) is -0.398. The van der Waals surface area contributed by atoms with Crippen molar-refractivity contribution in [1.82, 2.24) is 5.32 Å². The highest BCUT2D eigenvalue weighted by Crippen LogP contribution is 2.32. The molecule has 0 atom stereocenters. The molecule has 0 saturated heterocycles. The minimum atomic E-state index is -0.398. The lowest BCUT2D eigenvalue weighted by molar-refractivity contribution is 0.0645. The number of halogens is 1. The molecule has 1 saturated carbocycles. The lowest BCUT2D eigenvalue weighted by Crippen LogP contribution is -2.56. The van der Waals surface area contributed by atoms with Crippen molar-refractivity contribution in [3.8, 4) is 0 Å². The van der Waals surface area contributed by atoms with Crippen LogP contribution < -0.4 is 5.32 Å². The minimum absolute atomic E-state index is 0.00172. The van der Waals surface area contributed by atoms with Crippen LogP contribution in [0.2, 0.25) is 5.02 Å². The Morgan fingerprint density at radius 1 is 1.67 bits per heavy atom. The zero-order chi connectivity index (χ0) is 10.9. The van der Waals surface area contributed by atoms with Gasteiger partial charge in [-0.15, -0.1) is 11.3 Å². The van der Waals surface area contributed by atoms with E-state index in [-0.39, 0.29) is 12.5 Å². The molecule has 0 radical (unpaired) electrons. The molecule has 1 amide bonds. The fraction of sp³-hybridized carbons (Fsp3) is 0.500. The number of rotatable bonds is 3. The molecule has 15 heavy (non-hydrogen) atoms. The third-order valence-corrected chi connectivity index (χ3v) is 4.16. The highest BCUT2D eigenvalue weighted by molar-refractivity contribution is 7.12. The highest BCUT2D eigenvalue weighted by Gasteiger charge is 2.38. The second-order valence-corrected chi connectivity index (χ2v) is 5.17. The van der Waals surface area contributed by atoms with Crippen LogP contribution in [0.4, 0.5) is 0 Å². The molecule has 82 valence electrons. The molecule has 0 spiro atoms. The number of hydrogen-bond donors (Lipinski definition) is 2. The lowest BCUT2D eigenvalue weighted by Gasteiger charge is -2.40. The summed E-state index contributed by atoms with van der Waals surface area (Å²) in [7, 11) is 0. The van der Waals surface area contributed by atoms with Crippen molar-refractivity contribution in [2.75, 3.05) is 6.61 Å². The minimum Gasteiger partial charge on any atom is -0.394 e. The van der Waals surface area contributed by atoms with E-state index < -0.39 is 5.54 Å². The van der Waals surface area contributed by atoms with Crippen LogP contribution in [0.25, 0.3) is 0 Å². The van der Waals surface area contributed by atoms with Gasteiger partial charge in [-0.1, -0.05) is 11.6 Å². The van der Waals surface area contributed by atoms with Gasteiger partial charge in [-0.05, 0) is 30.7 Å². The van der Waals surface area contributed by atoms with E-state index in [1.165, 1.54) is 11.3 Å². The fourth-order valence-electron chi connectivity index (χ4n) is 1.68. The van der Waals surface area contributed by atoms with E-state index in [4.69, 9.17) is 11.6 Å². The summed E-state index contributed by atoms with van der Waals surface area (Å²) in [6.07, 6.45) is 2.75. The molecule has 0 unspecified atom stereocenters. The Labute approximate surface area is 97.1 Å². The van der Waals surface area contributed by atoms with Crippen LogP contribution in [-0.2, 0) is 0 Å². The molecule has 1 aliphatic carbocycles. The summed E-state index contributed by atoms with van der Waals surface area (Å²) in [6.45, 7) is 0.00172. The average Bonchev–Trinajstić information content (AvgIpc) is 2.58. The number of aliphatic hydroxyl groups excluding tert-OH is 1.